The number of rotatable bonds is 2. The van der Waals surface area contributed by atoms with Gasteiger partial charge >= 0.3 is 0 Å². The molecule has 1 aromatic carbocycles. The first kappa shape index (κ1) is 10.5. The van der Waals surface area contributed by atoms with Crippen molar-refractivity contribution in [1.29, 1.82) is 0 Å². The first-order valence-electron chi connectivity index (χ1n) is 4.25. The molecule has 0 bridgehead atoms. The van der Waals surface area contributed by atoms with E-state index in [0.717, 1.165) is 23.0 Å². The van der Waals surface area contributed by atoms with Crippen LogP contribution in [0.15, 0.2) is 28.6 Å². The van der Waals surface area contributed by atoms with Gasteiger partial charge in [-0.2, -0.15) is 0 Å². The summed E-state index contributed by atoms with van der Waals surface area (Å²) in [5.41, 5.74) is -1.33. The summed E-state index contributed by atoms with van der Waals surface area (Å²) >= 11 is 0.993. The maximum absolute atomic E-state index is 12.9. The van der Waals surface area contributed by atoms with E-state index in [4.69, 9.17) is 0 Å². The molecule has 0 fully saturated rings. The van der Waals surface area contributed by atoms with E-state index in [1.54, 1.807) is 24.3 Å². The van der Waals surface area contributed by atoms with Gasteiger partial charge in [0.15, 0.2) is 0 Å². The van der Waals surface area contributed by atoms with Crippen LogP contribution in [-0.2, 0) is 9.84 Å². The Morgan fingerprint density at radius 2 is 2.07 bits per heavy atom. The molecule has 3 nitrogen and oxygen atoms in total. The van der Waals surface area contributed by atoms with Gasteiger partial charge < -0.3 is 0 Å². The molecule has 6 heteroatoms. The number of hydrogen-bond acceptors (Lipinski definition) is 4. The Morgan fingerprint density at radius 3 is 2.67 bits per heavy atom. The number of aromatic nitrogens is 1. The second kappa shape index (κ2) is 3.53. The molecule has 0 saturated heterocycles. The second-order valence-corrected chi connectivity index (χ2v) is 6.45. The Hall–Kier alpha value is -1.01. The van der Waals surface area contributed by atoms with E-state index in [1.165, 1.54) is 0 Å². The summed E-state index contributed by atoms with van der Waals surface area (Å²) in [6.45, 7) is 1.00. The lowest BCUT2D eigenvalue weighted by Gasteiger charge is -1.98. The Kier molecular flexibility index (Phi) is 2.47. The van der Waals surface area contributed by atoms with E-state index < -0.39 is 15.3 Å². The fraction of sp³-hybridized carbons (Fsp3) is 0.222. The maximum atomic E-state index is 12.9. The Bertz CT molecular complexity index is 556. The summed E-state index contributed by atoms with van der Waals surface area (Å²) in [5.74, 6) is 0. The van der Waals surface area contributed by atoms with E-state index in [9.17, 15) is 12.8 Å². The van der Waals surface area contributed by atoms with E-state index in [-0.39, 0.29) is 4.34 Å². The molecule has 0 N–H and O–H groups in total. The van der Waals surface area contributed by atoms with Crippen LogP contribution in [0.3, 0.4) is 0 Å². The first-order valence-corrected chi connectivity index (χ1v) is 6.61. The molecule has 1 aromatic heterocycles. The van der Waals surface area contributed by atoms with E-state index in [0.29, 0.717) is 5.52 Å². The van der Waals surface area contributed by atoms with Gasteiger partial charge in [0.25, 0.3) is 0 Å². The molecular weight excluding hydrogens is 237 g/mol. The normalized spacial score (nSPS) is 14.3. The molecule has 1 unspecified atom stereocenters. The van der Waals surface area contributed by atoms with E-state index in [2.05, 4.69) is 4.98 Å². The van der Waals surface area contributed by atoms with Crippen molar-refractivity contribution in [3.8, 4) is 0 Å². The number of sulfone groups is 1. The molecule has 0 spiro atoms. The van der Waals surface area contributed by atoms with Crippen molar-refractivity contribution in [2.45, 2.75) is 16.8 Å². The number of hydrogen-bond donors (Lipinski definition) is 0. The predicted octanol–water partition coefficient (Wildman–Crippen LogP) is 2.39. The predicted molar refractivity (Wildman–Crippen MR) is 57.4 cm³/mol. The van der Waals surface area contributed by atoms with Gasteiger partial charge in [0.05, 0.1) is 10.2 Å². The van der Waals surface area contributed by atoms with Gasteiger partial charge in [-0.15, -0.1) is 11.3 Å². The van der Waals surface area contributed by atoms with Crippen molar-refractivity contribution in [1.82, 2.24) is 4.98 Å². The lowest BCUT2D eigenvalue weighted by molar-refractivity contribution is 0.443. The molecule has 0 saturated carbocycles. The van der Waals surface area contributed by atoms with Crippen molar-refractivity contribution in [2.24, 2.45) is 0 Å². The highest BCUT2D eigenvalue weighted by atomic mass is 32.2. The number of fused-ring (bicyclic) bond motifs is 1. The van der Waals surface area contributed by atoms with Crippen molar-refractivity contribution >= 4 is 31.4 Å². The van der Waals surface area contributed by atoms with Crippen molar-refractivity contribution in [3.05, 3.63) is 24.3 Å². The van der Waals surface area contributed by atoms with Crippen LogP contribution in [0.1, 0.15) is 6.92 Å². The molecule has 0 radical (unpaired) electrons. The zero-order chi connectivity index (χ0) is 11.1. The molecule has 1 atom stereocenters. The molecule has 80 valence electrons. The minimum Gasteiger partial charge on any atom is -0.230 e. The molecule has 0 aliphatic heterocycles. The van der Waals surface area contributed by atoms with Crippen LogP contribution in [-0.4, -0.2) is 18.9 Å². The number of alkyl halides is 1. The monoisotopic (exact) mass is 245 g/mol. The van der Waals surface area contributed by atoms with Crippen molar-refractivity contribution in [3.63, 3.8) is 0 Å². The topological polar surface area (TPSA) is 47.0 Å². The molecule has 0 aliphatic carbocycles. The SMILES string of the molecule is CC(F)S(=O)(=O)c1nc2ccccc2s1. The van der Waals surface area contributed by atoms with Crippen LogP contribution in [0, 0.1) is 0 Å². The maximum Gasteiger partial charge on any atom is 0.236 e. The molecule has 15 heavy (non-hydrogen) atoms. The van der Waals surface area contributed by atoms with Gasteiger partial charge in [0, 0.05) is 0 Å². The van der Waals surface area contributed by atoms with E-state index >= 15 is 0 Å². The van der Waals surface area contributed by atoms with Crippen LogP contribution in [0.25, 0.3) is 10.2 Å². The number of halogens is 1. The van der Waals surface area contributed by atoms with Gasteiger partial charge in [0.1, 0.15) is 0 Å². The highest BCUT2D eigenvalue weighted by Crippen LogP contribution is 2.27. The average Bonchev–Trinajstić information content (AvgIpc) is 2.61. The van der Waals surface area contributed by atoms with Crippen molar-refractivity contribution in [2.75, 3.05) is 0 Å². The largest absolute Gasteiger partial charge is 0.236 e. The number of benzene rings is 1. The van der Waals surface area contributed by atoms with Gasteiger partial charge in [-0.3, -0.25) is 0 Å². The first-order chi connectivity index (χ1) is 7.01. The fourth-order valence-electron chi connectivity index (χ4n) is 1.11. The summed E-state index contributed by atoms with van der Waals surface area (Å²) in [6, 6.07) is 7.01. The van der Waals surface area contributed by atoms with Crippen LogP contribution in [0.5, 0.6) is 0 Å². The number of nitrogens with zero attached hydrogens (tertiary/aromatic N) is 1. The van der Waals surface area contributed by atoms with Crippen LogP contribution in [0.2, 0.25) is 0 Å². The van der Waals surface area contributed by atoms with Crippen LogP contribution < -0.4 is 0 Å². The van der Waals surface area contributed by atoms with Gasteiger partial charge in [-0.25, -0.2) is 17.8 Å². The molecule has 2 rings (SSSR count). The fourth-order valence-corrected chi connectivity index (χ4v) is 3.44. The van der Waals surface area contributed by atoms with Crippen LogP contribution in [0.4, 0.5) is 4.39 Å². The van der Waals surface area contributed by atoms with Gasteiger partial charge in [-0.05, 0) is 19.1 Å². The number of thiazole rings is 1. The third-order valence-corrected chi connectivity index (χ3v) is 5.16. The summed E-state index contributed by atoms with van der Waals surface area (Å²) in [6.07, 6.45) is 0. The smallest absolute Gasteiger partial charge is 0.230 e. The Labute approximate surface area is 90.5 Å². The van der Waals surface area contributed by atoms with Gasteiger partial charge in [-0.1, -0.05) is 12.1 Å². The third kappa shape index (κ3) is 1.74. The van der Waals surface area contributed by atoms with Gasteiger partial charge in [0.2, 0.25) is 19.7 Å². The minimum absolute atomic E-state index is 0.154. The zero-order valence-corrected chi connectivity index (χ0v) is 9.48. The summed E-state index contributed by atoms with van der Waals surface area (Å²) in [5, 5.41) is 0. The summed E-state index contributed by atoms with van der Waals surface area (Å²) in [4.78, 5) is 3.90. The summed E-state index contributed by atoms with van der Waals surface area (Å²) in [7, 11) is -3.90. The minimum atomic E-state index is -3.90. The molecular formula is C9H8FNO2S2. The van der Waals surface area contributed by atoms with Crippen LogP contribution >= 0.6 is 11.3 Å². The quantitative estimate of drug-likeness (QED) is 0.816. The lowest BCUT2D eigenvalue weighted by Crippen LogP contribution is -2.12. The number of para-hydroxylation sites is 1. The van der Waals surface area contributed by atoms with E-state index in [1.807, 2.05) is 0 Å². The molecule has 2 aromatic rings. The summed E-state index contributed by atoms with van der Waals surface area (Å²) < 4.78 is 36.4. The lowest BCUT2D eigenvalue weighted by atomic mass is 10.3. The molecule has 1 heterocycles. The average molecular weight is 245 g/mol. The highest BCUT2D eigenvalue weighted by molar-refractivity contribution is 7.93. The highest BCUT2D eigenvalue weighted by Gasteiger charge is 2.26. The Balaban J connectivity index is 2.64. The standard InChI is InChI=1S/C9H8FNO2S2/c1-6(10)15(12,13)9-11-7-4-2-3-5-8(7)14-9/h2-6H,1H3. The second-order valence-electron chi connectivity index (χ2n) is 3.04. The van der Waals surface area contributed by atoms with Crippen molar-refractivity contribution < 1.29 is 12.8 Å². The third-order valence-electron chi connectivity index (χ3n) is 1.95. The zero-order valence-electron chi connectivity index (χ0n) is 7.84. The Morgan fingerprint density at radius 1 is 1.40 bits per heavy atom. The molecule has 0 amide bonds. The molecule has 0 aliphatic rings.